The summed E-state index contributed by atoms with van der Waals surface area (Å²) in [6, 6.07) is 2.65. The van der Waals surface area contributed by atoms with Gasteiger partial charge in [-0.25, -0.2) is 9.50 Å². The topological polar surface area (TPSA) is 42.2 Å². The lowest BCUT2D eigenvalue weighted by molar-refractivity contribution is 0.349. The molecule has 0 aliphatic heterocycles. The van der Waals surface area contributed by atoms with E-state index < -0.39 is 0 Å². The molecule has 1 saturated carbocycles. The first-order valence-corrected chi connectivity index (χ1v) is 7.89. The molecule has 2 aromatic heterocycles. The standard InChI is InChI=1S/C17H26N4/c1-16(2,3)14-11-12-15(18-9-10-21(12)20-14)19-13-7-6-8-17(13,4)5/h9-11,13H,6-8H2,1-5H3,(H,18,19). The van der Waals surface area contributed by atoms with Crippen LogP contribution in [0.5, 0.6) is 0 Å². The molecule has 114 valence electrons. The Hall–Kier alpha value is -1.58. The third-order valence-electron chi connectivity index (χ3n) is 4.73. The zero-order chi connectivity index (χ0) is 15.3. The van der Waals surface area contributed by atoms with Crippen molar-refractivity contribution in [2.24, 2.45) is 5.41 Å². The fourth-order valence-corrected chi connectivity index (χ4v) is 3.16. The fraction of sp³-hybridized carbons (Fsp3) is 0.647. The van der Waals surface area contributed by atoms with Crippen LogP contribution in [0.25, 0.3) is 5.52 Å². The molecule has 4 nitrogen and oxygen atoms in total. The van der Waals surface area contributed by atoms with Crippen LogP contribution in [0.4, 0.5) is 5.82 Å². The van der Waals surface area contributed by atoms with Gasteiger partial charge in [0.15, 0.2) is 5.82 Å². The molecular formula is C17H26N4. The summed E-state index contributed by atoms with van der Waals surface area (Å²) in [5.74, 6) is 0.959. The van der Waals surface area contributed by atoms with E-state index in [0.29, 0.717) is 11.5 Å². The number of anilines is 1. The molecule has 1 unspecified atom stereocenters. The van der Waals surface area contributed by atoms with E-state index in [2.05, 4.69) is 51.0 Å². The quantitative estimate of drug-likeness (QED) is 0.906. The molecule has 2 heterocycles. The molecule has 3 rings (SSSR count). The highest BCUT2D eigenvalue weighted by molar-refractivity contribution is 5.68. The highest BCUT2D eigenvalue weighted by Gasteiger charge is 2.35. The van der Waals surface area contributed by atoms with Crippen LogP contribution in [0.15, 0.2) is 18.5 Å². The van der Waals surface area contributed by atoms with E-state index in [1.807, 2.05) is 16.9 Å². The number of rotatable bonds is 2. The Morgan fingerprint density at radius 2 is 2.10 bits per heavy atom. The molecule has 0 aromatic carbocycles. The zero-order valence-electron chi connectivity index (χ0n) is 13.8. The largest absolute Gasteiger partial charge is 0.365 e. The number of fused-ring (bicyclic) bond motifs is 1. The lowest BCUT2D eigenvalue weighted by Crippen LogP contribution is -2.31. The maximum Gasteiger partial charge on any atom is 0.152 e. The van der Waals surface area contributed by atoms with Crippen LogP contribution in [0, 0.1) is 5.41 Å². The van der Waals surface area contributed by atoms with Crippen LogP contribution >= 0.6 is 0 Å². The molecule has 4 heteroatoms. The maximum atomic E-state index is 4.69. The second-order valence-corrected chi connectivity index (χ2v) is 7.96. The first-order valence-electron chi connectivity index (χ1n) is 7.89. The van der Waals surface area contributed by atoms with Gasteiger partial charge in [0, 0.05) is 23.9 Å². The zero-order valence-corrected chi connectivity index (χ0v) is 13.8. The molecule has 0 saturated heterocycles. The van der Waals surface area contributed by atoms with E-state index >= 15 is 0 Å². The van der Waals surface area contributed by atoms with Crippen LogP contribution in [0.3, 0.4) is 0 Å². The lowest BCUT2D eigenvalue weighted by Gasteiger charge is -2.28. The summed E-state index contributed by atoms with van der Waals surface area (Å²) in [7, 11) is 0. The van der Waals surface area contributed by atoms with Gasteiger partial charge in [-0.15, -0.1) is 0 Å². The Labute approximate surface area is 127 Å². The summed E-state index contributed by atoms with van der Waals surface area (Å²) < 4.78 is 1.94. The molecule has 1 aliphatic carbocycles. The molecule has 21 heavy (non-hydrogen) atoms. The van der Waals surface area contributed by atoms with Crippen LogP contribution in [0.2, 0.25) is 0 Å². The average molecular weight is 286 g/mol. The lowest BCUT2D eigenvalue weighted by atomic mass is 9.87. The highest BCUT2D eigenvalue weighted by atomic mass is 15.2. The minimum atomic E-state index is 0.0515. The van der Waals surface area contributed by atoms with Crippen LogP contribution in [0.1, 0.15) is 59.6 Å². The molecular weight excluding hydrogens is 260 g/mol. The average Bonchev–Trinajstić information content (AvgIpc) is 2.94. The number of hydrogen-bond acceptors (Lipinski definition) is 3. The predicted molar refractivity (Wildman–Crippen MR) is 86.7 cm³/mol. The Morgan fingerprint density at radius 1 is 1.33 bits per heavy atom. The van der Waals surface area contributed by atoms with Gasteiger partial charge in [-0.3, -0.25) is 0 Å². The number of aromatic nitrogens is 3. The molecule has 2 aromatic rings. The first-order chi connectivity index (χ1) is 9.77. The summed E-state index contributed by atoms with van der Waals surface area (Å²) in [5.41, 5.74) is 2.56. The fourth-order valence-electron chi connectivity index (χ4n) is 3.16. The highest BCUT2D eigenvalue weighted by Crippen LogP contribution is 2.39. The number of nitrogens with zero attached hydrogens (tertiary/aromatic N) is 3. The van der Waals surface area contributed by atoms with Gasteiger partial charge in [0.25, 0.3) is 0 Å². The third kappa shape index (κ3) is 2.63. The van der Waals surface area contributed by atoms with Crippen molar-refractivity contribution in [1.82, 2.24) is 14.6 Å². The van der Waals surface area contributed by atoms with Crippen LogP contribution in [-0.2, 0) is 5.41 Å². The van der Waals surface area contributed by atoms with Crippen LogP contribution in [-0.4, -0.2) is 20.6 Å². The van der Waals surface area contributed by atoms with E-state index in [1.165, 1.54) is 19.3 Å². The van der Waals surface area contributed by atoms with Gasteiger partial charge in [-0.05, 0) is 24.3 Å². The molecule has 0 amide bonds. The van der Waals surface area contributed by atoms with Gasteiger partial charge >= 0.3 is 0 Å². The van der Waals surface area contributed by atoms with E-state index in [-0.39, 0.29) is 5.41 Å². The van der Waals surface area contributed by atoms with Gasteiger partial charge in [-0.1, -0.05) is 41.0 Å². The summed E-state index contributed by atoms with van der Waals surface area (Å²) >= 11 is 0. The minimum Gasteiger partial charge on any atom is -0.365 e. The summed E-state index contributed by atoms with van der Waals surface area (Å²) in [6.07, 6.45) is 7.54. The van der Waals surface area contributed by atoms with Crippen molar-refractivity contribution in [3.05, 3.63) is 24.2 Å². The Balaban J connectivity index is 1.97. The predicted octanol–water partition coefficient (Wildman–Crippen LogP) is 4.02. The van der Waals surface area contributed by atoms with Crippen molar-refractivity contribution < 1.29 is 0 Å². The second kappa shape index (κ2) is 4.72. The summed E-state index contributed by atoms with van der Waals surface area (Å²) in [5, 5.41) is 8.36. The molecule has 0 spiro atoms. The monoisotopic (exact) mass is 286 g/mol. The molecule has 1 fully saturated rings. The Morgan fingerprint density at radius 3 is 2.71 bits per heavy atom. The van der Waals surface area contributed by atoms with Gasteiger partial charge in [0.2, 0.25) is 0 Å². The molecule has 0 radical (unpaired) electrons. The van der Waals surface area contributed by atoms with E-state index in [9.17, 15) is 0 Å². The first kappa shape index (κ1) is 14.4. The maximum absolute atomic E-state index is 4.69. The third-order valence-corrected chi connectivity index (χ3v) is 4.73. The van der Waals surface area contributed by atoms with Crippen molar-refractivity contribution in [2.45, 2.75) is 65.3 Å². The normalized spacial score (nSPS) is 21.9. The van der Waals surface area contributed by atoms with Crippen LogP contribution < -0.4 is 5.32 Å². The minimum absolute atomic E-state index is 0.0515. The van der Waals surface area contributed by atoms with Crippen molar-refractivity contribution >= 4 is 11.3 Å². The molecule has 0 bridgehead atoms. The van der Waals surface area contributed by atoms with Gasteiger partial charge in [-0.2, -0.15) is 5.10 Å². The van der Waals surface area contributed by atoms with Gasteiger partial charge in [0.05, 0.1) is 5.69 Å². The number of hydrogen-bond donors (Lipinski definition) is 1. The summed E-state index contributed by atoms with van der Waals surface area (Å²) in [6.45, 7) is 11.3. The SMILES string of the molecule is CC(C)(C)c1cc2c(NC3CCCC3(C)C)nccn2n1. The van der Waals surface area contributed by atoms with Crippen molar-refractivity contribution in [2.75, 3.05) is 5.32 Å². The second-order valence-electron chi connectivity index (χ2n) is 7.96. The summed E-state index contributed by atoms with van der Waals surface area (Å²) in [4.78, 5) is 4.56. The van der Waals surface area contributed by atoms with Crippen molar-refractivity contribution in [1.29, 1.82) is 0 Å². The molecule has 1 atom stereocenters. The van der Waals surface area contributed by atoms with Crippen molar-refractivity contribution in [3.8, 4) is 0 Å². The molecule has 1 N–H and O–H groups in total. The van der Waals surface area contributed by atoms with Gasteiger partial charge < -0.3 is 5.32 Å². The Bertz CT molecular complexity index is 648. The van der Waals surface area contributed by atoms with Gasteiger partial charge in [0.1, 0.15) is 5.52 Å². The molecule has 1 aliphatic rings. The van der Waals surface area contributed by atoms with Crippen molar-refractivity contribution in [3.63, 3.8) is 0 Å². The van der Waals surface area contributed by atoms with E-state index in [4.69, 9.17) is 5.10 Å². The van der Waals surface area contributed by atoms with E-state index in [1.54, 1.807) is 0 Å². The Kier molecular flexibility index (Phi) is 3.23. The van der Waals surface area contributed by atoms with E-state index in [0.717, 1.165) is 17.0 Å². The smallest absolute Gasteiger partial charge is 0.152 e. The number of nitrogens with one attached hydrogen (secondary N) is 1.